The van der Waals surface area contributed by atoms with E-state index in [0.717, 1.165) is 0 Å². The topological polar surface area (TPSA) is 4.93 Å². The maximum Gasteiger partial charge on any atom is 0.0541 e. The van der Waals surface area contributed by atoms with Crippen LogP contribution >= 0.6 is 0 Å². The minimum Gasteiger partial charge on any atom is -0.309 e. The van der Waals surface area contributed by atoms with Crippen LogP contribution in [0.2, 0.25) is 0 Å². The first-order valence-electron chi connectivity index (χ1n) is 18.3. The molecule has 0 aliphatic carbocycles. The van der Waals surface area contributed by atoms with E-state index in [1.165, 1.54) is 104 Å². The summed E-state index contributed by atoms with van der Waals surface area (Å²) in [6.45, 7) is 0. The van der Waals surface area contributed by atoms with Crippen LogP contribution in [-0.2, 0) is 0 Å². The standard InChI is InChI=1S/C52H33N/c1-3-12-34(13-4-1)37-24-28-42-47(30-37)48-31-38(35-14-5-2-6-15-35)25-29-43(48)50-33-46-39(32-49(42)50)16-11-19-41(46)36-22-26-40(27-23-36)53-51-20-9-7-17-44(51)45-18-8-10-21-52(45)53/h1-33H. The van der Waals surface area contributed by atoms with Gasteiger partial charge in [-0.1, -0.05) is 152 Å². The Morgan fingerprint density at radius 2 is 0.736 bits per heavy atom. The molecular formula is C52H33N. The van der Waals surface area contributed by atoms with Crippen LogP contribution in [0, 0.1) is 0 Å². The number of benzene rings is 10. The summed E-state index contributed by atoms with van der Waals surface area (Å²) in [5.74, 6) is 0. The second-order valence-corrected chi connectivity index (χ2v) is 14.1. The number of hydrogen-bond acceptors (Lipinski definition) is 0. The number of aromatic nitrogens is 1. The van der Waals surface area contributed by atoms with E-state index < -0.39 is 0 Å². The lowest BCUT2D eigenvalue weighted by molar-refractivity contribution is 1.18. The van der Waals surface area contributed by atoms with Gasteiger partial charge in [-0.2, -0.15) is 0 Å². The molecule has 11 rings (SSSR count). The second-order valence-electron chi connectivity index (χ2n) is 14.1. The molecule has 0 amide bonds. The van der Waals surface area contributed by atoms with Gasteiger partial charge < -0.3 is 4.57 Å². The zero-order chi connectivity index (χ0) is 34.9. The Balaban J connectivity index is 1.12. The Labute approximate surface area is 307 Å². The zero-order valence-electron chi connectivity index (χ0n) is 29.0. The largest absolute Gasteiger partial charge is 0.309 e. The predicted molar refractivity (Wildman–Crippen MR) is 227 cm³/mol. The molecule has 1 nitrogen and oxygen atoms in total. The van der Waals surface area contributed by atoms with Crippen LogP contribution in [-0.4, -0.2) is 4.57 Å². The van der Waals surface area contributed by atoms with E-state index in [9.17, 15) is 0 Å². The summed E-state index contributed by atoms with van der Waals surface area (Å²) in [7, 11) is 0. The summed E-state index contributed by atoms with van der Waals surface area (Å²) in [4.78, 5) is 0. The van der Waals surface area contributed by atoms with Gasteiger partial charge in [0.25, 0.3) is 0 Å². The van der Waals surface area contributed by atoms with Crippen molar-refractivity contribution in [3.05, 3.63) is 200 Å². The minimum absolute atomic E-state index is 1.17. The summed E-state index contributed by atoms with van der Waals surface area (Å²) >= 11 is 0. The Hall–Kier alpha value is -6.96. The van der Waals surface area contributed by atoms with Gasteiger partial charge in [0, 0.05) is 16.5 Å². The van der Waals surface area contributed by atoms with Gasteiger partial charge in [-0.15, -0.1) is 0 Å². The molecule has 1 heteroatoms. The monoisotopic (exact) mass is 671 g/mol. The predicted octanol–water partition coefficient (Wildman–Crippen LogP) is 14.4. The van der Waals surface area contributed by atoms with Crippen molar-refractivity contribution in [2.75, 3.05) is 0 Å². The molecule has 0 spiro atoms. The van der Waals surface area contributed by atoms with Gasteiger partial charge in [0.05, 0.1) is 11.0 Å². The molecule has 0 atom stereocenters. The molecule has 0 aliphatic heterocycles. The molecule has 0 saturated carbocycles. The van der Waals surface area contributed by atoms with Gasteiger partial charge in [-0.3, -0.25) is 0 Å². The molecule has 0 radical (unpaired) electrons. The molecule has 53 heavy (non-hydrogen) atoms. The van der Waals surface area contributed by atoms with E-state index in [-0.39, 0.29) is 0 Å². The Bertz CT molecular complexity index is 3140. The van der Waals surface area contributed by atoms with Gasteiger partial charge in [0.15, 0.2) is 0 Å². The summed E-state index contributed by atoms with van der Waals surface area (Å²) in [6, 6.07) is 73.6. The molecule has 246 valence electrons. The van der Waals surface area contributed by atoms with Crippen molar-refractivity contribution in [1.82, 2.24) is 4.57 Å². The third-order valence-electron chi connectivity index (χ3n) is 11.2. The van der Waals surface area contributed by atoms with Gasteiger partial charge in [-0.25, -0.2) is 0 Å². The number of para-hydroxylation sites is 2. The number of nitrogens with zero attached hydrogens (tertiary/aromatic N) is 1. The van der Waals surface area contributed by atoms with Crippen molar-refractivity contribution in [2.24, 2.45) is 0 Å². The van der Waals surface area contributed by atoms with Crippen molar-refractivity contribution in [3.8, 4) is 39.1 Å². The van der Waals surface area contributed by atoms with Crippen molar-refractivity contribution < 1.29 is 0 Å². The molecule has 0 unspecified atom stereocenters. The van der Waals surface area contributed by atoms with Crippen LogP contribution in [0.1, 0.15) is 0 Å². The highest BCUT2D eigenvalue weighted by atomic mass is 15.0. The molecular weight excluding hydrogens is 639 g/mol. The number of fused-ring (bicyclic) bond motifs is 10. The van der Waals surface area contributed by atoms with Gasteiger partial charge in [0.2, 0.25) is 0 Å². The maximum absolute atomic E-state index is 2.44. The van der Waals surface area contributed by atoms with E-state index in [1.807, 2.05) is 0 Å². The molecule has 11 aromatic rings. The molecule has 10 aromatic carbocycles. The molecule has 1 aromatic heterocycles. The van der Waals surface area contributed by atoms with Crippen LogP contribution in [0.15, 0.2) is 200 Å². The fraction of sp³-hybridized carbons (Fsp3) is 0. The van der Waals surface area contributed by atoms with Crippen molar-refractivity contribution >= 4 is 64.9 Å². The van der Waals surface area contributed by atoms with Gasteiger partial charge in [-0.05, 0) is 125 Å². The molecule has 1 heterocycles. The first-order chi connectivity index (χ1) is 26.3. The molecule has 0 bridgehead atoms. The highest BCUT2D eigenvalue weighted by Crippen LogP contribution is 2.42. The van der Waals surface area contributed by atoms with E-state index in [4.69, 9.17) is 0 Å². The van der Waals surface area contributed by atoms with Crippen LogP contribution in [0.4, 0.5) is 0 Å². The van der Waals surface area contributed by atoms with Crippen LogP contribution in [0.25, 0.3) is 104 Å². The van der Waals surface area contributed by atoms with Crippen LogP contribution < -0.4 is 0 Å². The Morgan fingerprint density at radius 3 is 1.32 bits per heavy atom. The average molecular weight is 672 g/mol. The Kier molecular flexibility index (Phi) is 6.62. The highest BCUT2D eigenvalue weighted by molar-refractivity contribution is 6.28. The molecule has 0 N–H and O–H groups in total. The summed E-state index contributed by atoms with van der Waals surface area (Å²) in [6.07, 6.45) is 0. The lowest BCUT2D eigenvalue weighted by Gasteiger charge is -2.16. The van der Waals surface area contributed by atoms with E-state index in [1.54, 1.807) is 0 Å². The van der Waals surface area contributed by atoms with Gasteiger partial charge in [0.1, 0.15) is 0 Å². The van der Waals surface area contributed by atoms with Gasteiger partial charge >= 0.3 is 0 Å². The second kappa shape index (κ2) is 11.8. The summed E-state index contributed by atoms with van der Waals surface area (Å²) in [5.41, 5.74) is 11.0. The highest BCUT2D eigenvalue weighted by Gasteiger charge is 2.16. The van der Waals surface area contributed by atoms with E-state index >= 15 is 0 Å². The summed E-state index contributed by atoms with van der Waals surface area (Å²) in [5, 5.41) is 12.7. The fourth-order valence-electron chi connectivity index (χ4n) is 8.64. The normalized spacial score (nSPS) is 11.8. The third kappa shape index (κ3) is 4.71. The lowest BCUT2D eigenvalue weighted by atomic mass is 9.88. The first-order valence-corrected chi connectivity index (χ1v) is 18.3. The first kappa shape index (κ1) is 29.7. The minimum atomic E-state index is 1.17. The van der Waals surface area contributed by atoms with Crippen molar-refractivity contribution in [2.45, 2.75) is 0 Å². The third-order valence-corrected chi connectivity index (χ3v) is 11.2. The summed E-state index contributed by atoms with van der Waals surface area (Å²) < 4.78 is 2.38. The van der Waals surface area contributed by atoms with Crippen LogP contribution in [0.5, 0.6) is 0 Å². The molecule has 0 saturated heterocycles. The van der Waals surface area contributed by atoms with Crippen molar-refractivity contribution in [3.63, 3.8) is 0 Å². The molecule has 0 aliphatic rings. The zero-order valence-corrected chi connectivity index (χ0v) is 29.0. The maximum atomic E-state index is 2.44. The smallest absolute Gasteiger partial charge is 0.0541 e. The van der Waals surface area contributed by atoms with Crippen LogP contribution in [0.3, 0.4) is 0 Å². The average Bonchev–Trinajstić information content (AvgIpc) is 3.58. The Morgan fingerprint density at radius 1 is 0.245 bits per heavy atom. The number of rotatable bonds is 4. The SMILES string of the molecule is c1ccc(-c2ccc3c(c2)c2cc(-c4ccccc4)ccc2c2cc4c(-c5ccc(-n6c7ccccc7c7ccccc76)cc5)cccc4cc32)cc1. The lowest BCUT2D eigenvalue weighted by Crippen LogP contribution is -1.93. The fourth-order valence-corrected chi connectivity index (χ4v) is 8.64. The van der Waals surface area contributed by atoms with Crippen molar-refractivity contribution in [1.29, 1.82) is 0 Å². The molecule has 0 fully saturated rings. The number of hydrogen-bond donors (Lipinski definition) is 0. The van der Waals surface area contributed by atoms with E-state index in [0.29, 0.717) is 0 Å². The quantitative estimate of drug-likeness (QED) is 0.130. The van der Waals surface area contributed by atoms with E-state index in [2.05, 4.69) is 205 Å².